The summed E-state index contributed by atoms with van der Waals surface area (Å²) in [7, 11) is 1.60. The number of amides is 1. The number of carbonyl (C=O) groups excluding carboxylic acids is 1. The van der Waals surface area contributed by atoms with E-state index in [2.05, 4.69) is 21.7 Å². The Bertz CT molecular complexity index is 1290. The number of nitrogens with one attached hydrogen (secondary N) is 2. The maximum Gasteiger partial charge on any atom is 0.269 e. The number of hydrogen-bond acceptors (Lipinski definition) is 8. The molecule has 9 heteroatoms. The van der Waals surface area contributed by atoms with Crippen LogP contribution in [0.2, 0.25) is 0 Å². The van der Waals surface area contributed by atoms with Crippen LogP contribution in [0.4, 0.5) is 21.5 Å². The van der Waals surface area contributed by atoms with Crippen LogP contribution in [0.25, 0.3) is 10.2 Å². The van der Waals surface area contributed by atoms with E-state index in [0.29, 0.717) is 10.1 Å². The number of thiazole rings is 1. The average Bonchev–Trinajstić information content (AvgIpc) is 3.28. The van der Waals surface area contributed by atoms with Gasteiger partial charge in [0, 0.05) is 5.69 Å². The predicted octanol–water partition coefficient (Wildman–Crippen LogP) is 5.12. The van der Waals surface area contributed by atoms with E-state index in [1.807, 2.05) is 49.4 Å². The Labute approximate surface area is 180 Å². The highest BCUT2D eigenvalue weighted by Crippen LogP contribution is 2.38. The number of nitrogen functional groups attached to an aromatic ring is 1. The molecule has 0 unspecified atom stereocenters. The molecule has 2 aromatic carbocycles. The molecule has 0 aliphatic heterocycles. The number of nitrogens with two attached hydrogens (primary N) is 1. The van der Waals surface area contributed by atoms with Gasteiger partial charge in [-0.1, -0.05) is 29.0 Å². The Morgan fingerprint density at radius 2 is 1.97 bits per heavy atom. The van der Waals surface area contributed by atoms with Crippen molar-refractivity contribution in [3.05, 3.63) is 58.5 Å². The zero-order valence-corrected chi connectivity index (χ0v) is 17.8. The van der Waals surface area contributed by atoms with Crippen molar-refractivity contribution in [2.45, 2.75) is 6.92 Å². The maximum atomic E-state index is 12.8. The highest BCUT2D eigenvalue weighted by atomic mass is 32.1. The fourth-order valence-corrected chi connectivity index (χ4v) is 4.69. The van der Waals surface area contributed by atoms with Crippen molar-refractivity contribution in [3.8, 4) is 11.8 Å². The molecule has 4 N–H and O–H groups in total. The molecule has 150 valence electrons. The van der Waals surface area contributed by atoms with Gasteiger partial charge in [0.2, 0.25) is 0 Å². The first kappa shape index (κ1) is 19.7. The van der Waals surface area contributed by atoms with Gasteiger partial charge in [0.05, 0.1) is 23.0 Å². The first-order valence-electron chi connectivity index (χ1n) is 8.90. The second-order valence-corrected chi connectivity index (χ2v) is 8.51. The van der Waals surface area contributed by atoms with Crippen LogP contribution in [0.3, 0.4) is 0 Å². The van der Waals surface area contributed by atoms with E-state index in [9.17, 15) is 10.1 Å². The number of thiophene rings is 1. The number of aryl methyl sites for hydroxylation is 1. The standard InChI is InChI=1S/C21H17N5O2S2/c1-11-3-5-12(6-4-11)24-20-14(10-22)17(23)18(30-20)19(27)26-21-25-15-8-7-13(28-2)9-16(15)29-21/h3-9,24H,23H2,1-2H3,(H,25,26,27). The van der Waals surface area contributed by atoms with Gasteiger partial charge in [-0.3, -0.25) is 10.1 Å². The van der Waals surface area contributed by atoms with Gasteiger partial charge in [-0.05, 0) is 37.3 Å². The number of fused-ring (bicyclic) bond motifs is 1. The number of rotatable bonds is 5. The summed E-state index contributed by atoms with van der Waals surface area (Å²) < 4.78 is 6.11. The third kappa shape index (κ3) is 3.78. The topological polar surface area (TPSA) is 113 Å². The summed E-state index contributed by atoms with van der Waals surface area (Å²) in [5.41, 5.74) is 9.21. The number of aromatic nitrogens is 1. The van der Waals surface area contributed by atoms with Gasteiger partial charge in [0.1, 0.15) is 27.3 Å². The Morgan fingerprint density at radius 3 is 2.67 bits per heavy atom. The number of nitriles is 1. The van der Waals surface area contributed by atoms with E-state index in [0.717, 1.165) is 38.6 Å². The number of methoxy groups -OCH3 is 1. The van der Waals surface area contributed by atoms with Crippen molar-refractivity contribution in [2.75, 3.05) is 23.5 Å². The Hall–Kier alpha value is -3.61. The SMILES string of the molecule is COc1ccc2nc(NC(=O)c3sc(Nc4ccc(C)cc4)c(C#N)c3N)sc2c1. The first-order valence-corrected chi connectivity index (χ1v) is 10.5. The van der Waals surface area contributed by atoms with Gasteiger partial charge in [0.25, 0.3) is 5.91 Å². The monoisotopic (exact) mass is 435 g/mol. The van der Waals surface area contributed by atoms with Crippen molar-refractivity contribution in [1.29, 1.82) is 5.26 Å². The fraction of sp³-hybridized carbons (Fsp3) is 0.0952. The normalized spacial score (nSPS) is 10.6. The molecule has 0 spiro atoms. The Kier molecular flexibility index (Phi) is 5.27. The smallest absolute Gasteiger partial charge is 0.269 e. The van der Waals surface area contributed by atoms with Crippen LogP contribution in [0.1, 0.15) is 20.8 Å². The number of carbonyl (C=O) groups is 1. The van der Waals surface area contributed by atoms with Crippen LogP contribution in [-0.4, -0.2) is 18.0 Å². The summed E-state index contributed by atoms with van der Waals surface area (Å²) in [5, 5.41) is 16.5. The third-order valence-electron chi connectivity index (χ3n) is 4.39. The van der Waals surface area contributed by atoms with E-state index in [4.69, 9.17) is 10.5 Å². The lowest BCUT2D eigenvalue weighted by molar-refractivity contribution is 0.103. The van der Waals surface area contributed by atoms with E-state index < -0.39 is 5.91 Å². The summed E-state index contributed by atoms with van der Waals surface area (Å²) in [5.74, 6) is 0.314. The van der Waals surface area contributed by atoms with E-state index >= 15 is 0 Å². The molecule has 0 atom stereocenters. The largest absolute Gasteiger partial charge is 0.497 e. The molecule has 0 saturated heterocycles. The van der Waals surface area contributed by atoms with Gasteiger partial charge < -0.3 is 15.8 Å². The van der Waals surface area contributed by atoms with Gasteiger partial charge in [0.15, 0.2) is 5.13 Å². The molecule has 2 heterocycles. The van der Waals surface area contributed by atoms with Crippen molar-refractivity contribution in [3.63, 3.8) is 0 Å². The molecule has 7 nitrogen and oxygen atoms in total. The molecule has 0 aliphatic rings. The first-order chi connectivity index (χ1) is 14.5. The minimum atomic E-state index is -0.406. The van der Waals surface area contributed by atoms with Gasteiger partial charge >= 0.3 is 0 Å². The number of ether oxygens (including phenoxy) is 1. The summed E-state index contributed by atoms with van der Waals surface area (Å²) in [6.45, 7) is 1.99. The second-order valence-electron chi connectivity index (χ2n) is 6.46. The van der Waals surface area contributed by atoms with Crippen LogP contribution in [-0.2, 0) is 0 Å². The molecule has 0 radical (unpaired) electrons. The molecule has 0 saturated carbocycles. The molecular formula is C21H17N5O2S2. The zero-order valence-electron chi connectivity index (χ0n) is 16.1. The lowest BCUT2D eigenvalue weighted by atomic mass is 10.2. The zero-order chi connectivity index (χ0) is 21.3. The van der Waals surface area contributed by atoms with Gasteiger partial charge in [-0.15, -0.1) is 11.3 Å². The molecule has 30 heavy (non-hydrogen) atoms. The average molecular weight is 436 g/mol. The second kappa shape index (κ2) is 8.02. The lowest BCUT2D eigenvalue weighted by Gasteiger charge is -2.04. The lowest BCUT2D eigenvalue weighted by Crippen LogP contribution is -2.11. The minimum Gasteiger partial charge on any atom is -0.497 e. The number of benzene rings is 2. The third-order valence-corrected chi connectivity index (χ3v) is 6.44. The predicted molar refractivity (Wildman–Crippen MR) is 122 cm³/mol. The molecule has 0 bridgehead atoms. The van der Waals surface area contributed by atoms with Crippen LogP contribution >= 0.6 is 22.7 Å². The summed E-state index contributed by atoms with van der Waals surface area (Å²) in [6.07, 6.45) is 0. The quantitative estimate of drug-likeness (QED) is 0.401. The highest BCUT2D eigenvalue weighted by molar-refractivity contribution is 7.22. The van der Waals surface area contributed by atoms with Gasteiger partial charge in [-0.25, -0.2) is 4.98 Å². The number of hydrogen-bond donors (Lipinski definition) is 3. The molecule has 4 rings (SSSR count). The molecule has 0 aliphatic carbocycles. The Balaban J connectivity index is 1.60. The van der Waals surface area contributed by atoms with Crippen molar-refractivity contribution in [1.82, 2.24) is 4.98 Å². The van der Waals surface area contributed by atoms with Crippen molar-refractivity contribution >= 4 is 60.3 Å². The molecule has 0 fully saturated rings. The molecule has 1 amide bonds. The highest BCUT2D eigenvalue weighted by Gasteiger charge is 2.22. The van der Waals surface area contributed by atoms with E-state index in [-0.39, 0.29) is 16.1 Å². The van der Waals surface area contributed by atoms with Crippen molar-refractivity contribution < 1.29 is 9.53 Å². The van der Waals surface area contributed by atoms with Crippen LogP contribution in [0.15, 0.2) is 42.5 Å². The Morgan fingerprint density at radius 1 is 1.20 bits per heavy atom. The minimum absolute atomic E-state index is 0.150. The van der Waals surface area contributed by atoms with E-state index in [1.54, 1.807) is 7.11 Å². The van der Waals surface area contributed by atoms with Crippen LogP contribution in [0, 0.1) is 18.3 Å². The maximum absolute atomic E-state index is 12.8. The summed E-state index contributed by atoms with van der Waals surface area (Å²) in [6, 6.07) is 15.3. The van der Waals surface area contributed by atoms with Gasteiger partial charge in [-0.2, -0.15) is 5.26 Å². The van der Waals surface area contributed by atoms with Crippen molar-refractivity contribution in [2.24, 2.45) is 0 Å². The molecule has 4 aromatic rings. The molecule has 2 aromatic heterocycles. The van der Waals surface area contributed by atoms with Crippen LogP contribution < -0.4 is 21.1 Å². The van der Waals surface area contributed by atoms with Crippen LogP contribution in [0.5, 0.6) is 5.75 Å². The van der Waals surface area contributed by atoms with E-state index in [1.165, 1.54) is 11.3 Å². The number of nitrogens with zero attached hydrogens (tertiary/aromatic N) is 2. The fourth-order valence-electron chi connectivity index (χ4n) is 2.82. The summed E-state index contributed by atoms with van der Waals surface area (Å²) in [4.78, 5) is 17.5. The number of anilines is 4. The molecular weight excluding hydrogens is 418 g/mol. The summed E-state index contributed by atoms with van der Waals surface area (Å²) >= 11 is 2.47.